The van der Waals surface area contributed by atoms with E-state index < -0.39 is 0 Å². The molecule has 0 saturated heterocycles. The molecular formula is C10H15BrClN3. The van der Waals surface area contributed by atoms with E-state index in [9.17, 15) is 0 Å². The van der Waals surface area contributed by atoms with E-state index in [0.29, 0.717) is 17.1 Å². The quantitative estimate of drug-likeness (QED) is 0.859. The van der Waals surface area contributed by atoms with Gasteiger partial charge in [-0.25, -0.2) is 9.97 Å². The molecule has 0 saturated carbocycles. The molecule has 5 heteroatoms. The summed E-state index contributed by atoms with van der Waals surface area (Å²) in [7, 11) is 0. The highest BCUT2D eigenvalue weighted by Gasteiger charge is 2.14. The zero-order valence-corrected chi connectivity index (χ0v) is 11.4. The van der Waals surface area contributed by atoms with E-state index in [0.717, 1.165) is 16.7 Å². The fourth-order valence-electron chi connectivity index (χ4n) is 1.36. The summed E-state index contributed by atoms with van der Waals surface area (Å²) in [5.74, 6) is 1.31. The Morgan fingerprint density at radius 3 is 2.67 bits per heavy atom. The van der Waals surface area contributed by atoms with E-state index in [4.69, 9.17) is 11.6 Å². The number of aromatic nitrogens is 2. The fourth-order valence-corrected chi connectivity index (χ4v) is 1.82. The zero-order chi connectivity index (χ0) is 11.4. The molecule has 0 aliphatic heterocycles. The molecule has 1 N–H and O–H groups in total. The lowest BCUT2D eigenvalue weighted by Gasteiger charge is -2.21. The molecule has 0 spiro atoms. The summed E-state index contributed by atoms with van der Waals surface area (Å²) in [6, 6.07) is 0.396. The molecule has 0 aliphatic carbocycles. The summed E-state index contributed by atoms with van der Waals surface area (Å²) in [6.07, 6.45) is 2.51. The van der Waals surface area contributed by atoms with Crippen molar-refractivity contribution in [1.29, 1.82) is 0 Å². The summed E-state index contributed by atoms with van der Waals surface area (Å²) >= 11 is 9.25. The molecule has 0 aromatic carbocycles. The highest BCUT2D eigenvalue weighted by atomic mass is 79.9. The van der Waals surface area contributed by atoms with Gasteiger partial charge in [0, 0.05) is 6.04 Å². The van der Waals surface area contributed by atoms with Gasteiger partial charge in [0.15, 0.2) is 0 Å². The Morgan fingerprint density at radius 1 is 1.47 bits per heavy atom. The molecule has 0 aliphatic rings. The summed E-state index contributed by atoms with van der Waals surface area (Å²) < 4.78 is 0.728. The van der Waals surface area contributed by atoms with Gasteiger partial charge in [0.05, 0.1) is 4.47 Å². The molecule has 0 fully saturated rings. The van der Waals surface area contributed by atoms with Crippen molar-refractivity contribution in [3.63, 3.8) is 0 Å². The van der Waals surface area contributed by atoms with E-state index in [1.165, 1.54) is 6.33 Å². The Balaban J connectivity index is 2.84. The fraction of sp³-hybridized carbons (Fsp3) is 0.600. The Labute approximate surface area is 104 Å². The van der Waals surface area contributed by atoms with Crippen LogP contribution in [0.2, 0.25) is 5.15 Å². The Hall–Kier alpha value is -0.350. The first-order chi connectivity index (χ1) is 7.06. The van der Waals surface area contributed by atoms with Crippen molar-refractivity contribution in [3.8, 4) is 0 Å². The van der Waals surface area contributed by atoms with Crippen LogP contribution in [0, 0.1) is 5.92 Å². The molecule has 84 valence electrons. The van der Waals surface area contributed by atoms with Crippen LogP contribution < -0.4 is 5.32 Å². The second-order valence-corrected chi connectivity index (χ2v) is 4.88. The number of hydrogen-bond acceptors (Lipinski definition) is 3. The number of nitrogens with zero attached hydrogens (tertiary/aromatic N) is 2. The van der Waals surface area contributed by atoms with Gasteiger partial charge in [-0.2, -0.15) is 0 Å². The number of halogens is 2. The lowest BCUT2D eigenvalue weighted by molar-refractivity contribution is 0.509. The highest BCUT2D eigenvalue weighted by molar-refractivity contribution is 9.10. The number of hydrogen-bond donors (Lipinski definition) is 1. The second kappa shape index (κ2) is 5.66. The monoisotopic (exact) mass is 291 g/mol. The Bertz CT molecular complexity index is 330. The maximum atomic E-state index is 5.88. The van der Waals surface area contributed by atoms with Gasteiger partial charge in [-0.3, -0.25) is 0 Å². The molecule has 0 bridgehead atoms. The summed E-state index contributed by atoms with van der Waals surface area (Å²) in [5.41, 5.74) is 0. The molecule has 1 atom stereocenters. The van der Waals surface area contributed by atoms with Crippen molar-refractivity contribution in [2.75, 3.05) is 5.32 Å². The molecule has 3 nitrogen and oxygen atoms in total. The van der Waals surface area contributed by atoms with Gasteiger partial charge in [-0.05, 0) is 28.3 Å². The predicted molar refractivity (Wildman–Crippen MR) is 67.3 cm³/mol. The van der Waals surface area contributed by atoms with E-state index in [1.54, 1.807) is 0 Å². The number of rotatable bonds is 4. The smallest absolute Gasteiger partial charge is 0.148 e. The zero-order valence-electron chi connectivity index (χ0n) is 9.09. The Kier molecular flexibility index (Phi) is 4.80. The van der Waals surface area contributed by atoms with E-state index in [-0.39, 0.29) is 0 Å². The van der Waals surface area contributed by atoms with Crippen molar-refractivity contribution >= 4 is 33.3 Å². The third-order valence-electron chi connectivity index (χ3n) is 2.31. The van der Waals surface area contributed by atoms with Gasteiger partial charge < -0.3 is 5.32 Å². The molecule has 0 amide bonds. The van der Waals surface area contributed by atoms with Crippen LogP contribution in [-0.4, -0.2) is 16.0 Å². The van der Waals surface area contributed by atoms with Crippen LogP contribution in [0.25, 0.3) is 0 Å². The topological polar surface area (TPSA) is 37.8 Å². The van der Waals surface area contributed by atoms with Crippen molar-refractivity contribution in [2.45, 2.75) is 33.2 Å². The summed E-state index contributed by atoms with van der Waals surface area (Å²) in [4.78, 5) is 8.04. The normalized spacial score (nSPS) is 12.9. The van der Waals surface area contributed by atoms with E-state index in [1.807, 2.05) is 0 Å². The molecular weight excluding hydrogens is 277 g/mol. The molecule has 1 rings (SSSR count). The summed E-state index contributed by atoms with van der Waals surface area (Å²) in [6.45, 7) is 6.50. The average Bonchev–Trinajstić information content (AvgIpc) is 2.19. The molecule has 1 heterocycles. The molecule has 1 unspecified atom stereocenters. The van der Waals surface area contributed by atoms with Crippen molar-refractivity contribution in [2.24, 2.45) is 5.92 Å². The van der Waals surface area contributed by atoms with Crippen molar-refractivity contribution in [3.05, 3.63) is 16.0 Å². The molecule has 15 heavy (non-hydrogen) atoms. The van der Waals surface area contributed by atoms with Crippen LogP contribution in [0.1, 0.15) is 27.2 Å². The van der Waals surface area contributed by atoms with Gasteiger partial charge in [-0.1, -0.05) is 32.4 Å². The first-order valence-corrected chi connectivity index (χ1v) is 6.15. The van der Waals surface area contributed by atoms with Crippen molar-refractivity contribution < 1.29 is 0 Å². The minimum absolute atomic E-state index is 0.396. The predicted octanol–water partition coefficient (Wildman–Crippen LogP) is 3.74. The first-order valence-electron chi connectivity index (χ1n) is 4.98. The SMILES string of the molecule is CCC(Nc1ncnc(Cl)c1Br)C(C)C. The van der Waals surface area contributed by atoms with Crippen molar-refractivity contribution in [1.82, 2.24) is 9.97 Å². The maximum Gasteiger partial charge on any atom is 0.148 e. The molecule has 1 aromatic heterocycles. The largest absolute Gasteiger partial charge is 0.366 e. The van der Waals surface area contributed by atoms with Gasteiger partial charge in [-0.15, -0.1) is 0 Å². The third-order valence-corrected chi connectivity index (χ3v) is 3.58. The second-order valence-electron chi connectivity index (χ2n) is 3.73. The van der Waals surface area contributed by atoms with E-state index >= 15 is 0 Å². The van der Waals surface area contributed by atoms with Gasteiger partial charge >= 0.3 is 0 Å². The minimum atomic E-state index is 0.396. The van der Waals surface area contributed by atoms with E-state index in [2.05, 4.69) is 52.0 Å². The lowest BCUT2D eigenvalue weighted by atomic mass is 10.0. The van der Waals surface area contributed by atoms with Crippen LogP contribution in [-0.2, 0) is 0 Å². The lowest BCUT2D eigenvalue weighted by Crippen LogP contribution is -2.25. The minimum Gasteiger partial charge on any atom is -0.366 e. The summed E-state index contributed by atoms with van der Waals surface area (Å²) in [5, 5.41) is 3.79. The average molecular weight is 293 g/mol. The molecule has 0 radical (unpaired) electrons. The van der Waals surface area contributed by atoms with Crippen LogP contribution in [0.15, 0.2) is 10.8 Å². The van der Waals surface area contributed by atoms with Crippen LogP contribution in [0.4, 0.5) is 5.82 Å². The first kappa shape index (κ1) is 12.7. The Morgan fingerprint density at radius 2 is 2.13 bits per heavy atom. The standard InChI is InChI=1S/C10H15BrClN3/c1-4-7(6(2)3)15-10-8(11)9(12)13-5-14-10/h5-7H,4H2,1-3H3,(H,13,14,15). The number of anilines is 1. The number of nitrogens with one attached hydrogen (secondary N) is 1. The third kappa shape index (κ3) is 3.31. The van der Waals surface area contributed by atoms with Gasteiger partial charge in [0.2, 0.25) is 0 Å². The van der Waals surface area contributed by atoms with Crippen LogP contribution in [0.5, 0.6) is 0 Å². The molecule has 1 aromatic rings. The highest BCUT2D eigenvalue weighted by Crippen LogP contribution is 2.27. The van der Waals surface area contributed by atoms with Gasteiger partial charge in [0.25, 0.3) is 0 Å². The maximum absolute atomic E-state index is 5.88. The van der Waals surface area contributed by atoms with Crippen LogP contribution >= 0.6 is 27.5 Å². The van der Waals surface area contributed by atoms with Gasteiger partial charge in [0.1, 0.15) is 17.3 Å². The van der Waals surface area contributed by atoms with Crippen LogP contribution in [0.3, 0.4) is 0 Å².